The van der Waals surface area contributed by atoms with Crippen LogP contribution >= 0.6 is 11.3 Å². The van der Waals surface area contributed by atoms with Crippen molar-refractivity contribution < 1.29 is 9.47 Å². The van der Waals surface area contributed by atoms with Gasteiger partial charge < -0.3 is 14.4 Å². The Bertz CT molecular complexity index is 2760. The number of rotatable bonds is 4. The first-order chi connectivity index (χ1) is 23.3. The maximum Gasteiger partial charge on any atom is 0.155 e. The van der Waals surface area contributed by atoms with Crippen LogP contribution in [0, 0.1) is 0 Å². The Morgan fingerprint density at radius 3 is 2.02 bits per heavy atom. The minimum atomic E-state index is 0.796. The number of anilines is 3. The zero-order chi connectivity index (χ0) is 30.6. The van der Waals surface area contributed by atoms with E-state index < -0.39 is 0 Å². The fraction of sp³-hybridized carbons (Fsp3) is 0. The van der Waals surface area contributed by atoms with Crippen molar-refractivity contribution in [2.75, 3.05) is 4.90 Å². The number of nitrogens with zero attached hydrogens (tertiary/aromatic N) is 2. The third-order valence-corrected chi connectivity index (χ3v) is 10.6. The molecular formula is C42H24N2O2S. The molecule has 0 saturated carbocycles. The predicted octanol–water partition coefficient (Wildman–Crippen LogP) is 12.5. The Morgan fingerprint density at radius 2 is 1.11 bits per heavy atom. The molecule has 5 heteroatoms. The van der Waals surface area contributed by atoms with Crippen LogP contribution in [0.1, 0.15) is 0 Å². The number of ether oxygens (including phenoxy) is 2. The second-order valence-electron chi connectivity index (χ2n) is 12.2. The summed E-state index contributed by atoms with van der Waals surface area (Å²) in [6.45, 7) is 0. The Balaban J connectivity index is 1.20. The molecule has 4 nitrogen and oxygen atoms in total. The van der Waals surface area contributed by atoms with Crippen LogP contribution in [0.3, 0.4) is 0 Å². The van der Waals surface area contributed by atoms with Gasteiger partial charge in [0, 0.05) is 48.4 Å². The fourth-order valence-electron chi connectivity index (χ4n) is 7.50. The second kappa shape index (κ2) is 9.25. The molecule has 11 rings (SSSR count). The molecule has 0 bridgehead atoms. The Kier molecular flexibility index (Phi) is 4.96. The summed E-state index contributed by atoms with van der Waals surface area (Å²) < 4.78 is 18.0. The fourth-order valence-corrected chi connectivity index (χ4v) is 8.64. The molecule has 2 aliphatic heterocycles. The van der Waals surface area contributed by atoms with E-state index in [9.17, 15) is 0 Å². The van der Waals surface area contributed by atoms with Crippen LogP contribution < -0.4 is 14.4 Å². The summed E-state index contributed by atoms with van der Waals surface area (Å²) in [5.41, 5.74) is 8.66. The largest absolute Gasteiger partial charge is 0.453 e. The molecule has 0 atom stereocenters. The van der Waals surface area contributed by atoms with Crippen LogP contribution in [-0.2, 0) is 0 Å². The average molecular weight is 621 g/mol. The molecule has 0 aliphatic carbocycles. The first-order valence-corrected chi connectivity index (χ1v) is 16.6. The number of hydrogen-bond acceptors (Lipinski definition) is 4. The van der Waals surface area contributed by atoms with Gasteiger partial charge in [0.1, 0.15) is 5.69 Å². The molecule has 7 aromatic carbocycles. The molecule has 0 spiro atoms. The monoisotopic (exact) mass is 620 g/mol. The van der Waals surface area contributed by atoms with E-state index in [2.05, 4.69) is 137 Å². The molecule has 47 heavy (non-hydrogen) atoms. The average Bonchev–Trinajstić information content (AvgIpc) is 3.66. The summed E-state index contributed by atoms with van der Waals surface area (Å²) in [5.74, 6) is 3.30. The summed E-state index contributed by atoms with van der Waals surface area (Å²) in [6.07, 6.45) is 0. The minimum Gasteiger partial charge on any atom is -0.453 e. The van der Waals surface area contributed by atoms with Gasteiger partial charge in [0.05, 0.1) is 16.7 Å². The highest BCUT2D eigenvalue weighted by Crippen LogP contribution is 2.55. The molecule has 0 saturated heterocycles. The highest BCUT2D eigenvalue weighted by molar-refractivity contribution is 7.25. The maximum atomic E-state index is 6.73. The summed E-state index contributed by atoms with van der Waals surface area (Å²) in [6, 6.07) is 51.8. The van der Waals surface area contributed by atoms with Gasteiger partial charge in [0.2, 0.25) is 0 Å². The Morgan fingerprint density at radius 1 is 0.426 bits per heavy atom. The summed E-state index contributed by atoms with van der Waals surface area (Å²) in [7, 11) is 0. The minimum absolute atomic E-state index is 0.796. The van der Waals surface area contributed by atoms with Crippen LogP contribution in [-0.4, -0.2) is 4.57 Å². The topological polar surface area (TPSA) is 26.6 Å². The van der Waals surface area contributed by atoms with Crippen molar-refractivity contribution in [3.63, 3.8) is 0 Å². The van der Waals surface area contributed by atoms with Crippen LogP contribution in [0.15, 0.2) is 146 Å². The zero-order valence-electron chi connectivity index (χ0n) is 25.0. The number of aromatic nitrogens is 1. The van der Waals surface area contributed by atoms with Crippen molar-refractivity contribution in [2.24, 2.45) is 0 Å². The van der Waals surface area contributed by atoms with Crippen molar-refractivity contribution in [1.82, 2.24) is 4.57 Å². The lowest BCUT2D eigenvalue weighted by Crippen LogP contribution is -2.12. The van der Waals surface area contributed by atoms with Gasteiger partial charge in [0.25, 0.3) is 0 Å². The quantitative estimate of drug-likeness (QED) is 0.196. The van der Waals surface area contributed by atoms with Crippen LogP contribution in [0.2, 0.25) is 0 Å². The number of fused-ring (bicyclic) bond motifs is 4. The molecule has 0 unspecified atom stereocenters. The summed E-state index contributed by atoms with van der Waals surface area (Å²) in [5, 5.41) is 4.85. The normalized spacial score (nSPS) is 12.6. The molecule has 0 N–H and O–H groups in total. The van der Waals surface area contributed by atoms with Gasteiger partial charge in [0.15, 0.2) is 23.0 Å². The molecule has 2 aliphatic rings. The third kappa shape index (κ3) is 3.52. The van der Waals surface area contributed by atoms with Gasteiger partial charge in [-0.3, -0.25) is 4.57 Å². The highest BCUT2D eigenvalue weighted by Gasteiger charge is 2.32. The van der Waals surface area contributed by atoms with Crippen molar-refractivity contribution in [2.45, 2.75) is 0 Å². The van der Waals surface area contributed by atoms with Crippen molar-refractivity contribution in [3.8, 4) is 39.8 Å². The van der Waals surface area contributed by atoms with Crippen molar-refractivity contribution in [3.05, 3.63) is 146 Å². The number of hydrogen-bond donors (Lipinski definition) is 0. The molecule has 4 heterocycles. The second-order valence-corrected chi connectivity index (χ2v) is 13.2. The van der Waals surface area contributed by atoms with E-state index in [1.54, 1.807) is 0 Å². The lowest BCUT2D eigenvalue weighted by atomic mass is 10.0. The first-order valence-electron chi connectivity index (χ1n) is 15.8. The van der Waals surface area contributed by atoms with E-state index >= 15 is 0 Å². The van der Waals surface area contributed by atoms with E-state index in [0.717, 1.165) is 67.6 Å². The first kappa shape index (κ1) is 25.2. The van der Waals surface area contributed by atoms with Gasteiger partial charge in [-0.1, -0.05) is 84.9 Å². The predicted molar refractivity (Wildman–Crippen MR) is 194 cm³/mol. The third-order valence-electron chi connectivity index (χ3n) is 9.51. The number of thiophene rings is 1. The number of para-hydroxylation sites is 2. The molecule has 0 amide bonds. The van der Waals surface area contributed by atoms with Crippen LogP contribution in [0.25, 0.3) is 58.8 Å². The van der Waals surface area contributed by atoms with Crippen LogP contribution in [0.5, 0.6) is 23.0 Å². The van der Waals surface area contributed by atoms with Crippen molar-refractivity contribution >= 4 is 70.4 Å². The Hall–Kier alpha value is -6.04. The van der Waals surface area contributed by atoms with Gasteiger partial charge in [-0.25, -0.2) is 0 Å². The summed E-state index contributed by atoms with van der Waals surface area (Å²) >= 11 is 1.84. The molecule has 0 fully saturated rings. The zero-order valence-corrected chi connectivity index (χ0v) is 25.8. The molecular weight excluding hydrogens is 597 g/mol. The van der Waals surface area contributed by atoms with Gasteiger partial charge >= 0.3 is 0 Å². The van der Waals surface area contributed by atoms with E-state index in [1.165, 1.54) is 31.3 Å². The van der Waals surface area contributed by atoms with E-state index in [1.807, 2.05) is 29.5 Å². The lowest BCUT2D eigenvalue weighted by molar-refractivity contribution is 0.444. The standard InChI is InChI=1S/C42H24N2O2S/c1-2-9-25(10-3-1)26-11-6-12-27(21-26)43(28-19-20-31-30-13-4-5-18-38(30)47-39(31)24-28)29-22-33-32-14-7-15-34-40(32)44-41(33)37(23-29)46-36-17-8-16-35(45-34)42(36)44/h1-24H. The SMILES string of the molecule is c1ccc(-c2cccc(N(c3ccc4c(c3)sc3ccccc34)c3cc4c5c(c3)c3cccc6c3n5-c3c(cccc3O4)O6)c2)cc1. The van der Waals surface area contributed by atoms with Gasteiger partial charge in [-0.05, 0) is 65.7 Å². The molecule has 9 aromatic rings. The maximum absolute atomic E-state index is 6.73. The van der Waals surface area contributed by atoms with E-state index in [0.29, 0.717) is 0 Å². The van der Waals surface area contributed by atoms with Crippen LogP contribution in [0.4, 0.5) is 17.1 Å². The molecule has 2 aromatic heterocycles. The van der Waals surface area contributed by atoms with E-state index in [-0.39, 0.29) is 0 Å². The summed E-state index contributed by atoms with van der Waals surface area (Å²) in [4.78, 5) is 2.37. The molecule has 0 radical (unpaired) electrons. The highest BCUT2D eigenvalue weighted by atomic mass is 32.1. The number of benzene rings is 7. The Labute approximate surface area is 273 Å². The smallest absolute Gasteiger partial charge is 0.155 e. The molecule has 220 valence electrons. The van der Waals surface area contributed by atoms with E-state index in [4.69, 9.17) is 9.47 Å². The lowest BCUT2D eigenvalue weighted by Gasteiger charge is -2.29. The van der Waals surface area contributed by atoms with Crippen molar-refractivity contribution in [1.29, 1.82) is 0 Å². The van der Waals surface area contributed by atoms with Gasteiger partial charge in [-0.2, -0.15) is 0 Å². The van der Waals surface area contributed by atoms with Gasteiger partial charge in [-0.15, -0.1) is 11.3 Å².